The molecule has 0 bridgehead atoms. The summed E-state index contributed by atoms with van der Waals surface area (Å²) in [5.74, 6) is -0.222. The molecule has 5 heteroatoms. The SMILES string of the molecule is CC(C)(CCBr)NC(=O)c1ccc(C#N)cn1. The molecule has 0 saturated heterocycles. The first kappa shape index (κ1) is 13.7. The number of rotatable bonds is 4. The minimum Gasteiger partial charge on any atom is -0.346 e. The van der Waals surface area contributed by atoms with Crippen LogP contribution in [0, 0.1) is 11.3 Å². The van der Waals surface area contributed by atoms with Crippen LogP contribution in [0.25, 0.3) is 0 Å². The molecule has 90 valence electrons. The van der Waals surface area contributed by atoms with Gasteiger partial charge in [-0.05, 0) is 32.4 Å². The van der Waals surface area contributed by atoms with Crippen molar-refractivity contribution < 1.29 is 4.79 Å². The highest BCUT2D eigenvalue weighted by atomic mass is 79.9. The molecule has 1 amide bonds. The van der Waals surface area contributed by atoms with Gasteiger partial charge in [-0.25, -0.2) is 4.98 Å². The highest BCUT2D eigenvalue weighted by Gasteiger charge is 2.20. The summed E-state index contributed by atoms with van der Waals surface area (Å²) in [7, 11) is 0. The number of hydrogen-bond donors (Lipinski definition) is 1. The molecule has 1 heterocycles. The van der Waals surface area contributed by atoms with Crippen molar-refractivity contribution in [3.8, 4) is 6.07 Å². The second-order valence-corrected chi connectivity index (χ2v) is 5.11. The standard InChI is InChI=1S/C12H14BrN3O/c1-12(2,5-6-13)16-11(17)10-4-3-9(7-14)8-15-10/h3-4,8H,5-6H2,1-2H3,(H,16,17). The smallest absolute Gasteiger partial charge is 0.270 e. The van der Waals surface area contributed by atoms with Crippen molar-refractivity contribution in [1.82, 2.24) is 10.3 Å². The van der Waals surface area contributed by atoms with E-state index in [4.69, 9.17) is 5.26 Å². The summed E-state index contributed by atoms with van der Waals surface area (Å²) in [4.78, 5) is 15.8. The van der Waals surface area contributed by atoms with E-state index in [0.29, 0.717) is 11.3 Å². The van der Waals surface area contributed by atoms with Crippen molar-refractivity contribution in [2.24, 2.45) is 0 Å². The molecule has 1 aromatic rings. The van der Waals surface area contributed by atoms with Crippen LogP contribution in [0.15, 0.2) is 18.3 Å². The third-order valence-corrected chi connectivity index (χ3v) is 2.69. The molecule has 0 fully saturated rings. The van der Waals surface area contributed by atoms with E-state index in [1.165, 1.54) is 6.20 Å². The Balaban J connectivity index is 2.73. The van der Waals surface area contributed by atoms with Gasteiger partial charge < -0.3 is 5.32 Å². The van der Waals surface area contributed by atoms with Gasteiger partial charge in [-0.3, -0.25) is 4.79 Å². The molecule has 0 atom stereocenters. The number of carbonyl (C=O) groups excluding carboxylic acids is 1. The minimum absolute atomic E-state index is 0.222. The fourth-order valence-electron chi connectivity index (χ4n) is 1.26. The monoisotopic (exact) mass is 295 g/mol. The van der Waals surface area contributed by atoms with Crippen LogP contribution < -0.4 is 5.32 Å². The van der Waals surface area contributed by atoms with Crippen LogP contribution in [0.5, 0.6) is 0 Å². The first-order valence-corrected chi connectivity index (χ1v) is 6.35. The third-order valence-electron chi connectivity index (χ3n) is 2.30. The fourth-order valence-corrected chi connectivity index (χ4v) is 2.26. The summed E-state index contributed by atoms with van der Waals surface area (Å²) in [5.41, 5.74) is 0.490. The van der Waals surface area contributed by atoms with E-state index >= 15 is 0 Å². The highest BCUT2D eigenvalue weighted by Crippen LogP contribution is 2.11. The summed E-state index contributed by atoms with van der Waals surface area (Å²) < 4.78 is 0. The van der Waals surface area contributed by atoms with Crippen LogP contribution in [-0.4, -0.2) is 21.8 Å². The zero-order chi connectivity index (χ0) is 12.9. The number of hydrogen-bond acceptors (Lipinski definition) is 3. The summed E-state index contributed by atoms with van der Waals surface area (Å²) >= 11 is 3.35. The van der Waals surface area contributed by atoms with Gasteiger partial charge in [0.25, 0.3) is 5.91 Å². The maximum absolute atomic E-state index is 11.9. The fraction of sp³-hybridized carbons (Fsp3) is 0.417. The van der Waals surface area contributed by atoms with E-state index in [1.54, 1.807) is 12.1 Å². The number of aromatic nitrogens is 1. The number of amides is 1. The van der Waals surface area contributed by atoms with Gasteiger partial charge in [-0.2, -0.15) is 5.26 Å². The van der Waals surface area contributed by atoms with E-state index in [0.717, 1.165) is 11.8 Å². The van der Waals surface area contributed by atoms with Crippen molar-refractivity contribution in [3.63, 3.8) is 0 Å². The molecule has 0 spiro atoms. The molecule has 17 heavy (non-hydrogen) atoms. The van der Waals surface area contributed by atoms with Gasteiger partial charge in [0.1, 0.15) is 11.8 Å². The molecule has 0 aromatic carbocycles. The van der Waals surface area contributed by atoms with E-state index < -0.39 is 0 Å². The first-order valence-electron chi connectivity index (χ1n) is 5.23. The number of nitrogens with one attached hydrogen (secondary N) is 1. The normalized spacial score (nSPS) is 10.7. The lowest BCUT2D eigenvalue weighted by molar-refractivity contribution is 0.0906. The number of nitriles is 1. The van der Waals surface area contributed by atoms with Crippen molar-refractivity contribution >= 4 is 21.8 Å². The number of pyridine rings is 1. The molecule has 0 saturated carbocycles. The molecule has 1 aromatic heterocycles. The van der Waals surface area contributed by atoms with Crippen LogP contribution in [0.2, 0.25) is 0 Å². The Labute approximate surface area is 109 Å². The number of halogens is 1. The molecule has 0 aliphatic carbocycles. The van der Waals surface area contributed by atoms with E-state index in [9.17, 15) is 4.79 Å². The average Bonchev–Trinajstić information content (AvgIpc) is 2.28. The Hall–Kier alpha value is -1.41. The lowest BCUT2D eigenvalue weighted by atomic mass is 10.0. The Kier molecular flexibility index (Phi) is 4.64. The van der Waals surface area contributed by atoms with Crippen LogP contribution >= 0.6 is 15.9 Å². The Bertz CT molecular complexity index is 434. The first-order chi connectivity index (χ1) is 7.98. The van der Waals surface area contributed by atoms with Crippen molar-refractivity contribution in [2.75, 3.05) is 5.33 Å². The molecule has 0 radical (unpaired) electrons. The molecule has 1 rings (SSSR count). The molecule has 4 nitrogen and oxygen atoms in total. The largest absolute Gasteiger partial charge is 0.346 e. The number of carbonyl (C=O) groups is 1. The van der Waals surface area contributed by atoms with Gasteiger partial charge in [0.2, 0.25) is 0 Å². The van der Waals surface area contributed by atoms with Crippen LogP contribution in [0.1, 0.15) is 36.3 Å². The molecule has 0 unspecified atom stereocenters. The van der Waals surface area contributed by atoms with Gasteiger partial charge >= 0.3 is 0 Å². The summed E-state index contributed by atoms with van der Waals surface area (Å²) in [5, 5.41) is 12.3. The Morgan fingerprint density at radius 2 is 2.29 bits per heavy atom. The molecule has 0 aliphatic rings. The quantitative estimate of drug-likeness (QED) is 0.867. The third kappa shape index (κ3) is 4.16. The summed E-state index contributed by atoms with van der Waals surface area (Å²) in [6, 6.07) is 5.10. The van der Waals surface area contributed by atoms with Gasteiger partial charge in [-0.15, -0.1) is 0 Å². The minimum atomic E-state index is -0.282. The number of nitrogens with zero attached hydrogens (tertiary/aromatic N) is 2. The number of alkyl halides is 1. The maximum atomic E-state index is 11.9. The van der Waals surface area contributed by atoms with Crippen LogP contribution in [-0.2, 0) is 0 Å². The van der Waals surface area contributed by atoms with Crippen molar-refractivity contribution in [3.05, 3.63) is 29.6 Å². The second kappa shape index (κ2) is 5.78. The highest BCUT2D eigenvalue weighted by molar-refractivity contribution is 9.09. The summed E-state index contributed by atoms with van der Waals surface area (Å²) in [6.07, 6.45) is 2.22. The summed E-state index contributed by atoms with van der Waals surface area (Å²) in [6.45, 7) is 3.91. The topological polar surface area (TPSA) is 65.8 Å². The van der Waals surface area contributed by atoms with E-state index in [-0.39, 0.29) is 11.4 Å². The van der Waals surface area contributed by atoms with E-state index in [2.05, 4.69) is 26.2 Å². The lowest BCUT2D eigenvalue weighted by Crippen LogP contribution is -2.43. The molecule has 0 aliphatic heterocycles. The van der Waals surface area contributed by atoms with Gasteiger partial charge in [0.05, 0.1) is 5.56 Å². The second-order valence-electron chi connectivity index (χ2n) is 4.32. The zero-order valence-electron chi connectivity index (χ0n) is 9.83. The van der Waals surface area contributed by atoms with Crippen molar-refractivity contribution in [1.29, 1.82) is 5.26 Å². The Morgan fingerprint density at radius 1 is 1.59 bits per heavy atom. The van der Waals surface area contributed by atoms with Gasteiger partial charge in [0, 0.05) is 17.1 Å². The average molecular weight is 296 g/mol. The van der Waals surface area contributed by atoms with Gasteiger partial charge in [0.15, 0.2) is 0 Å². The predicted molar refractivity (Wildman–Crippen MR) is 68.9 cm³/mol. The van der Waals surface area contributed by atoms with Crippen LogP contribution in [0.4, 0.5) is 0 Å². The lowest BCUT2D eigenvalue weighted by Gasteiger charge is -2.25. The predicted octanol–water partition coefficient (Wildman–Crippen LogP) is 2.25. The van der Waals surface area contributed by atoms with E-state index in [1.807, 2.05) is 19.9 Å². The zero-order valence-corrected chi connectivity index (χ0v) is 11.4. The van der Waals surface area contributed by atoms with Crippen LogP contribution in [0.3, 0.4) is 0 Å². The molecular weight excluding hydrogens is 282 g/mol. The van der Waals surface area contributed by atoms with Crippen molar-refractivity contribution in [2.45, 2.75) is 25.8 Å². The Morgan fingerprint density at radius 3 is 2.76 bits per heavy atom. The molecule has 1 N–H and O–H groups in total. The maximum Gasteiger partial charge on any atom is 0.270 e. The molecular formula is C12H14BrN3O. The van der Waals surface area contributed by atoms with Gasteiger partial charge in [-0.1, -0.05) is 15.9 Å².